The van der Waals surface area contributed by atoms with Crippen molar-refractivity contribution in [1.29, 1.82) is 0 Å². The van der Waals surface area contributed by atoms with E-state index in [1.54, 1.807) is 12.1 Å². The van der Waals surface area contributed by atoms with Crippen LogP contribution in [0.15, 0.2) is 59.0 Å². The van der Waals surface area contributed by atoms with Crippen LogP contribution in [0.2, 0.25) is 0 Å². The van der Waals surface area contributed by atoms with Gasteiger partial charge in [0.1, 0.15) is 17.1 Å². The molecule has 0 saturated carbocycles. The Bertz CT molecular complexity index is 713. The third-order valence-corrected chi connectivity index (χ3v) is 2.63. The van der Waals surface area contributed by atoms with Crippen molar-refractivity contribution in [3.63, 3.8) is 0 Å². The highest BCUT2D eigenvalue weighted by Crippen LogP contribution is 2.21. The monoisotopic (exact) mass is 256 g/mol. The van der Waals surface area contributed by atoms with Gasteiger partial charge in [-0.2, -0.15) is 0 Å². The van der Waals surface area contributed by atoms with Crippen molar-refractivity contribution in [3.05, 3.63) is 66.2 Å². The van der Waals surface area contributed by atoms with Gasteiger partial charge in [-0.1, -0.05) is 24.3 Å². The Hall–Kier alpha value is -2.62. The summed E-state index contributed by atoms with van der Waals surface area (Å²) in [4.78, 5) is 11.9. The van der Waals surface area contributed by atoms with Crippen LogP contribution in [-0.2, 0) is 0 Å². The summed E-state index contributed by atoms with van der Waals surface area (Å²) < 4.78 is 23.4. The standard InChI is InChI=1S/C15H9FO3/c16-11-5-3-6-12(9-11)18-15(17)14-8-10-4-1-2-7-13(10)19-14/h1-9H. The lowest BCUT2D eigenvalue weighted by molar-refractivity contribution is 0.0703. The summed E-state index contributed by atoms with van der Waals surface area (Å²) >= 11 is 0. The maximum absolute atomic E-state index is 13.0. The molecule has 2 aromatic carbocycles. The van der Waals surface area contributed by atoms with Gasteiger partial charge in [-0.15, -0.1) is 0 Å². The van der Waals surface area contributed by atoms with Gasteiger partial charge in [0.05, 0.1) is 0 Å². The molecular formula is C15H9FO3. The van der Waals surface area contributed by atoms with E-state index in [1.165, 1.54) is 18.2 Å². The number of carbonyl (C=O) groups excluding carboxylic acids is 1. The fourth-order valence-corrected chi connectivity index (χ4v) is 1.77. The summed E-state index contributed by atoms with van der Waals surface area (Å²) in [5, 5.41) is 0.814. The highest BCUT2D eigenvalue weighted by atomic mass is 19.1. The van der Waals surface area contributed by atoms with E-state index >= 15 is 0 Å². The number of ether oxygens (including phenoxy) is 1. The van der Waals surface area contributed by atoms with Crippen LogP contribution in [0.4, 0.5) is 4.39 Å². The maximum Gasteiger partial charge on any atom is 0.379 e. The van der Waals surface area contributed by atoms with E-state index < -0.39 is 11.8 Å². The molecule has 0 aliphatic carbocycles. The van der Waals surface area contributed by atoms with Gasteiger partial charge in [-0.05, 0) is 24.3 Å². The number of benzene rings is 2. The minimum Gasteiger partial charge on any atom is -0.449 e. The molecule has 0 spiro atoms. The molecule has 19 heavy (non-hydrogen) atoms. The lowest BCUT2D eigenvalue weighted by Gasteiger charge is -2.01. The maximum atomic E-state index is 13.0. The van der Waals surface area contributed by atoms with E-state index in [1.807, 2.05) is 18.2 Å². The Kier molecular flexibility index (Phi) is 2.76. The van der Waals surface area contributed by atoms with Crippen LogP contribution in [0.25, 0.3) is 11.0 Å². The van der Waals surface area contributed by atoms with Crippen molar-refractivity contribution < 1.29 is 18.3 Å². The number of furan rings is 1. The van der Waals surface area contributed by atoms with Crippen LogP contribution >= 0.6 is 0 Å². The molecular weight excluding hydrogens is 247 g/mol. The second-order valence-electron chi connectivity index (χ2n) is 4.00. The molecule has 3 nitrogen and oxygen atoms in total. The molecule has 0 atom stereocenters. The number of para-hydroxylation sites is 1. The average Bonchev–Trinajstić information content (AvgIpc) is 2.82. The van der Waals surface area contributed by atoms with Crippen LogP contribution in [-0.4, -0.2) is 5.97 Å². The molecule has 0 radical (unpaired) electrons. The fraction of sp³-hybridized carbons (Fsp3) is 0. The molecule has 0 N–H and O–H groups in total. The van der Waals surface area contributed by atoms with Gasteiger partial charge in [0.2, 0.25) is 5.76 Å². The first-order valence-corrected chi connectivity index (χ1v) is 5.69. The van der Waals surface area contributed by atoms with E-state index in [9.17, 15) is 9.18 Å². The molecule has 0 fully saturated rings. The normalized spacial score (nSPS) is 10.6. The Morgan fingerprint density at radius 3 is 2.68 bits per heavy atom. The lowest BCUT2D eigenvalue weighted by Crippen LogP contribution is -2.07. The summed E-state index contributed by atoms with van der Waals surface area (Å²) in [6.07, 6.45) is 0. The number of rotatable bonds is 2. The molecule has 1 aromatic heterocycles. The summed E-state index contributed by atoms with van der Waals surface area (Å²) in [6, 6.07) is 14.2. The number of esters is 1. The van der Waals surface area contributed by atoms with Crippen LogP contribution in [0.5, 0.6) is 5.75 Å². The molecule has 0 bridgehead atoms. The van der Waals surface area contributed by atoms with Gasteiger partial charge >= 0.3 is 5.97 Å². The smallest absolute Gasteiger partial charge is 0.379 e. The molecule has 0 aliphatic rings. The van der Waals surface area contributed by atoms with E-state index in [2.05, 4.69) is 0 Å². The Morgan fingerprint density at radius 1 is 1.05 bits per heavy atom. The van der Waals surface area contributed by atoms with Crippen molar-refractivity contribution in [3.8, 4) is 5.75 Å². The van der Waals surface area contributed by atoms with E-state index in [0.29, 0.717) is 5.58 Å². The fourth-order valence-electron chi connectivity index (χ4n) is 1.77. The third-order valence-electron chi connectivity index (χ3n) is 2.63. The van der Waals surface area contributed by atoms with E-state index in [-0.39, 0.29) is 11.5 Å². The highest BCUT2D eigenvalue weighted by molar-refractivity contribution is 5.93. The largest absolute Gasteiger partial charge is 0.449 e. The van der Waals surface area contributed by atoms with Gasteiger partial charge in [-0.25, -0.2) is 9.18 Å². The molecule has 0 amide bonds. The van der Waals surface area contributed by atoms with Crippen LogP contribution in [0.3, 0.4) is 0 Å². The molecule has 0 unspecified atom stereocenters. The van der Waals surface area contributed by atoms with Gasteiger partial charge in [0, 0.05) is 11.5 Å². The molecule has 0 aliphatic heterocycles. The molecule has 3 aromatic rings. The predicted octanol–water partition coefficient (Wildman–Crippen LogP) is 3.79. The summed E-state index contributed by atoms with van der Waals surface area (Å²) in [5.74, 6) is -0.882. The Morgan fingerprint density at radius 2 is 1.89 bits per heavy atom. The van der Waals surface area contributed by atoms with Crippen molar-refractivity contribution >= 4 is 16.9 Å². The Labute approximate surface area is 108 Å². The molecule has 94 valence electrons. The van der Waals surface area contributed by atoms with Crippen molar-refractivity contribution in [2.45, 2.75) is 0 Å². The number of hydrogen-bond donors (Lipinski definition) is 0. The van der Waals surface area contributed by atoms with Gasteiger partial charge in [-0.3, -0.25) is 0 Å². The van der Waals surface area contributed by atoms with Crippen molar-refractivity contribution in [2.24, 2.45) is 0 Å². The number of halogens is 1. The van der Waals surface area contributed by atoms with Gasteiger partial charge in [0.25, 0.3) is 0 Å². The van der Waals surface area contributed by atoms with E-state index in [0.717, 1.165) is 11.5 Å². The lowest BCUT2D eigenvalue weighted by atomic mass is 10.2. The average molecular weight is 256 g/mol. The minimum absolute atomic E-state index is 0.0884. The minimum atomic E-state index is -0.651. The van der Waals surface area contributed by atoms with Gasteiger partial charge in [0.15, 0.2) is 0 Å². The summed E-state index contributed by atoms with van der Waals surface area (Å²) in [5.41, 5.74) is 0.605. The third kappa shape index (κ3) is 2.33. The molecule has 1 heterocycles. The second-order valence-corrected chi connectivity index (χ2v) is 4.00. The number of fused-ring (bicyclic) bond motifs is 1. The highest BCUT2D eigenvalue weighted by Gasteiger charge is 2.14. The first-order valence-electron chi connectivity index (χ1n) is 5.69. The first-order chi connectivity index (χ1) is 9.22. The summed E-state index contributed by atoms with van der Waals surface area (Å²) in [7, 11) is 0. The quantitative estimate of drug-likeness (QED) is 0.517. The van der Waals surface area contributed by atoms with Crippen LogP contribution in [0, 0.1) is 5.82 Å². The zero-order valence-corrected chi connectivity index (χ0v) is 9.80. The summed E-state index contributed by atoms with van der Waals surface area (Å²) in [6.45, 7) is 0. The second kappa shape index (κ2) is 4.57. The van der Waals surface area contributed by atoms with Crippen LogP contribution < -0.4 is 4.74 Å². The Balaban J connectivity index is 1.87. The first kappa shape index (κ1) is 11.5. The van der Waals surface area contributed by atoms with Gasteiger partial charge < -0.3 is 9.15 Å². The number of carbonyl (C=O) groups is 1. The zero-order valence-electron chi connectivity index (χ0n) is 9.80. The SMILES string of the molecule is O=C(Oc1cccc(F)c1)c1cc2ccccc2o1. The van der Waals surface area contributed by atoms with E-state index in [4.69, 9.17) is 9.15 Å². The topological polar surface area (TPSA) is 39.4 Å². The zero-order chi connectivity index (χ0) is 13.2. The predicted molar refractivity (Wildman–Crippen MR) is 67.6 cm³/mol. The molecule has 0 saturated heterocycles. The van der Waals surface area contributed by atoms with Crippen molar-refractivity contribution in [1.82, 2.24) is 0 Å². The van der Waals surface area contributed by atoms with Crippen LogP contribution in [0.1, 0.15) is 10.6 Å². The molecule has 3 rings (SSSR count). The van der Waals surface area contributed by atoms with Crippen molar-refractivity contribution in [2.75, 3.05) is 0 Å². The molecule has 4 heteroatoms. The number of hydrogen-bond acceptors (Lipinski definition) is 3.